The Morgan fingerprint density at radius 3 is 2.60 bits per heavy atom. The summed E-state index contributed by atoms with van der Waals surface area (Å²) in [5.41, 5.74) is 2.60. The highest BCUT2D eigenvalue weighted by atomic mass is 16.5. The maximum Gasteiger partial charge on any atom is 0.244 e. The van der Waals surface area contributed by atoms with E-state index in [9.17, 15) is 9.59 Å². The number of amides is 2. The minimum Gasteiger partial charge on any atom is -0.495 e. The van der Waals surface area contributed by atoms with Gasteiger partial charge in [-0.1, -0.05) is 36.4 Å². The third-order valence-electron chi connectivity index (χ3n) is 3.51. The minimum absolute atomic E-state index is 0.183. The summed E-state index contributed by atoms with van der Waals surface area (Å²) < 4.78 is 5.22. The van der Waals surface area contributed by atoms with Gasteiger partial charge in [0.25, 0.3) is 0 Å². The van der Waals surface area contributed by atoms with Crippen LogP contribution in [-0.4, -0.2) is 25.5 Å². The molecule has 0 aliphatic carbocycles. The molecule has 2 rings (SSSR count). The number of ether oxygens (including phenoxy) is 1. The van der Waals surface area contributed by atoms with Gasteiger partial charge in [-0.2, -0.15) is 0 Å². The molecule has 0 atom stereocenters. The van der Waals surface area contributed by atoms with Crippen LogP contribution in [0.3, 0.4) is 0 Å². The first-order chi connectivity index (χ1) is 12.1. The highest BCUT2D eigenvalue weighted by Gasteiger charge is 2.08. The summed E-state index contributed by atoms with van der Waals surface area (Å²) in [4.78, 5) is 23.8. The molecule has 0 spiro atoms. The van der Waals surface area contributed by atoms with Crippen LogP contribution in [0.25, 0.3) is 6.08 Å². The molecule has 130 valence electrons. The van der Waals surface area contributed by atoms with E-state index in [4.69, 9.17) is 4.74 Å². The Hall–Kier alpha value is -3.08. The summed E-state index contributed by atoms with van der Waals surface area (Å²) in [5, 5.41) is 5.49. The average molecular weight is 338 g/mol. The molecule has 0 aliphatic rings. The van der Waals surface area contributed by atoms with Gasteiger partial charge in [-0.25, -0.2) is 0 Å². The zero-order chi connectivity index (χ0) is 18.1. The standard InChI is InChI=1S/C20H22N2O3/c1-15-8-10-18(25-2)17(14-15)22-20(24)12-13-21-19(23)11-9-16-6-4-3-5-7-16/h3-11,14H,12-13H2,1-2H3,(H,21,23)(H,22,24)/b11-9+. The fraction of sp³-hybridized carbons (Fsp3) is 0.200. The number of carbonyl (C=O) groups excluding carboxylic acids is 2. The number of anilines is 1. The largest absolute Gasteiger partial charge is 0.495 e. The van der Waals surface area contributed by atoms with Gasteiger partial charge in [0.1, 0.15) is 5.75 Å². The summed E-state index contributed by atoms with van der Waals surface area (Å²) in [5.74, 6) is 0.190. The zero-order valence-corrected chi connectivity index (χ0v) is 14.4. The molecular formula is C20H22N2O3. The lowest BCUT2D eigenvalue weighted by Crippen LogP contribution is -2.26. The molecule has 0 heterocycles. The lowest BCUT2D eigenvalue weighted by Gasteiger charge is -2.11. The van der Waals surface area contributed by atoms with Gasteiger partial charge in [-0.15, -0.1) is 0 Å². The zero-order valence-electron chi connectivity index (χ0n) is 14.4. The summed E-state index contributed by atoms with van der Waals surface area (Å²) >= 11 is 0. The second kappa shape index (κ2) is 9.27. The fourth-order valence-corrected chi connectivity index (χ4v) is 2.23. The van der Waals surface area contributed by atoms with Gasteiger partial charge in [0.05, 0.1) is 12.8 Å². The number of rotatable bonds is 7. The number of carbonyl (C=O) groups is 2. The van der Waals surface area contributed by atoms with Crippen molar-refractivity contribution in [1.82, 2.24) is 5.32 Å². The molecule has 0 radical (unpaired) electrons. The fourth-order valence-electron chi connectivity index (χ4n) is 2.23. The number of aryl methyl sites for hydroxylation is 1. The van der Waals surface area contributed by atoms with Crippen LogP contribution in [0.1, 0.15) is 17.5 Å². The quantitative estimate of drug-likeness (QED) is 0.762. The summed E-state index contributed by atoms with van der Waals surface area (Å²) in [6.07, 6.45) is 3.37. The van der Waals surface area contributed by atoms with Crippen LogP contribution in [0, 0.1) is 6.92 Å². The Labute approximate surface area is 147 Å². The second-order valence-corrected chi connectivity index (χ2v) is 5.54. The summed E-state index contributed by atoms with van der Waals surface area (Å²) in [6, 6.07) is 15.1. The predicted octanol–water partition coefficient (Wildman–Crippen LogP) is 3.16. The molecule has 0 aromatic heterocycles. The van der Waals surface area contributed by atoms with Gasteiger partial charge in [0.2, 0.25) is 11.8 Å². The Kier molecular flexibility index (Phi) is 6.77. The maximum absolute atomic E-state index is 12.0. The molecule has 5 heteroatoms. The molecule has 0 bridgehead atoms. The van der Waals surface area contributed by atoms with Crippen molar-refractivity contribution in [2.75, 3.05) is 19.0 Å². The lowest BCUT2D eigenvalue weighted by atomic mass is 10.2. The van der Waals surface area contributed by atoms with Gasteiger partial charge in [-0.05, 0) is 36.3 Å². The van der Waals surface area contributed by atoms with E-state index in [-0.39, 0.29) is 24.8 Å². The third-order valence-corrected chi connectivity index (χ3v) is 3.51. The third kappa shape index (κ3) is 6.14. The molecule has 0 aliphatic heterocycles. The van der Waals surface area contributed by atoms with Crippen molar-refractivity contribution in [1.29, 1.82) is 0 Å². The Morgan fingerprint density at radius 1 is 1.12 bits per heavy atom. The molecule has 2 amide bonds. The van der Waals surface area contributed by atoms with E-state index in [1.807, 2.05) is 49.4 Å². The Balaban J connectivity index is 1.78. The normalized spacial score (nSPS) is 10.5. The van der Waals surface area contributed by atoms with Crippen LogP contribution in [0.15, 0.2) is 54.6 Å². The van der Waals surface area contributed by atoms with Crippen molar-refractivity contribution in [2.24, 2.45) is 0 Å². The maximum atomic E-state index is 12.0. The topological polar surface area (TPSA) is 67.4 Å². The number of nitrogens with one attached hydrogen (secondary N) is 2. The SMILES string of the molecule is COc1ccc(C)cc1NC(=O)CCNC(=O)/C=C/c1ccccc1. The van der Waals surface area contributed by atoms with E-state index in [2.05, 4.69) is 10.6 Å². The Bertz CT molecular complexity index is 755. The molecule has 0 unspecified atom stereocenters. The molecule has 2 N–H and O–H groups in total. The van der Waals surface area contributed by atoms with Crippen LogP contribution in [0.4, 0.5) is 5.69 Å². The van der Waals surface area contributed by atoms with Gasteiger partial charge in [0.15, 0.2) is 0 Å². The first kappa shape index (κ1) is 18.3. The van der Waals surface area contributed by atoms with Crippen molar-refractivity contribution in [3.8, 4) is 5.75 Å². The van der Waals surface area contributed by atoms with Gasteiger partial charge in [0, 0.05) is 19.0 Å². The highest BCUT2D eigenvalue weighted by molar-refractivity contribution is 5.94. The minimum atomic E-state index is -0.232. The molecule has 25 heavy (non-hydrogen) atoms. The average Bonchev–Trinajstić information content (AvgIpc) is 2.61. The van der Waals surface area contributed by atoms with E-state index in [0.717, 1.165) is 11.1 Å². The van der Waals surface area contributed by atoms with Crippen molar-refractivity contribution < 1.29 is 14.3 Å². The molecule has 0 saturated carbocycles. The summed E-state index contributed by atoms with van der Waals surface area (Å²) in [7, 11) is 1.56. The number of methoxy groups -OCH3 is 1. The van der Waals surface area contributed by atoms with Crippen LogP contribution in [0.2, 0.25) is 0 Å². The van der Waals surface area contributed by atoms with E-state index >= 15 is 0 Å². The van der Waals surface area contributed by atoms with Gasteiger partial charge < -0.3 is 15.4 Å². The second-order valence-electron chi connectivity index (χ2n) is 5.54. The predicted molar refractivity (Wildman–Crippen MR) is 99.5 cm³/mol. The smallest absolute Gasteiger partial charge is 0.244 e. The van der Waals surface area contributed by atoms with Gasteiger partial charge >= 0.3 is 0 Å². The number of hydrogen-bond acceptors (Lipinski definition) is 3. The molecule has 2 aromatic carbocycles. The van der Waals surface area contributed by atoms with Crippen LogP contribution in [-0.2, 0) is 9.59 Å². The van der Waals surface area contributed by atoms with E-state index in [0.29, 0.717) is 11.4 Å². The van der Waals surface area contributed by atoms with E-state index < -0.39 is 0 Å². The summed E-state index contributed by atoms with van der Waals surface area (Å²) in [6.45, 7) is 2.20. The molecule has 2 aromatic rings. The number of benzene rings is 2. The molecule has 5 nitrogen and oxygen atoms in total. The van der Waals surface area contributed by atoms with E-state index in [1.54, 1.807) is 19.3 Å². The van der Waals surface area contributed by atoms with Gasteiger partial charge in [-0.3, -0.25) is 9.59 Å². The molecule has 0 fully saturated rings. The van der Waals surface area contributed by atoms with Crippen LogP contribution >= 0.6 is 0 Å². The van der Waals surface area contributed by atoms with Crippen molar-refractivity contribution in [3.63, 3.8) is 0 Å². The van der Waals surface area contributed by atoms with Crippen molar-refractivity contribution in [2.45, 2.75) is 13.3 Å². The lowest BCUT2D eigenvalue weighted by molar-refractivity contribution is -0.117. The van der Waals surface area contributed by atoms with Crippen molar-refractivity contribution in [3.05, 3.63) is 65.7 Å². The van der Waals surface area contributed by atoms with Crippen molar-refractivity contribution >= 4 is 23.6 Å². The number of hydrogen-bond donors (Lipinski definition) is 2. The van der Waals surface area contributed by atoms with Crippen LogP contribution < -0.4 is 15.4 Å². The Morgan fingerprint density at radius 2 is 1.88 bits per heavy atom. The first-order valence-corrected chi connectivity index (χ1v) is 8.04. The first-order valence-electron chi connectivity index (χ1n) is 8.04. The van der Waals surface area contributed by atoms with Crippen LogP contribution in [0.5, 0.6) is 5.75 Å². The molecular weight excluding hydrogens is 316 g/mol. The monoisotopic (exact) mass is 338 g/mol. The highest BCUT2D eigenvalue weighted by Crippen LogP contribution is 2.25. The molecule has 0 saturated heterocycles. The van der Waals surface area contributed by atoms with E-state index in [1.165, 1.54) is 6.08 Å².